The van der Waals surface area contributed by atoms with Crippen LogP contribution >= 0.6 is 11.6 Å². The minimum atomic E-state index is -4.15. The van der Waals surface area contributed by atoms with Crippen molar-refractivity contribution in [2.24, 2.45) is 0 Å². The zero-order valence-electron chi connectivity index (χ0n) is 19.4. The zero-order valence-corrected chi connectivity index (χ0v) is 21.0. The van der Waals surface area contributed by atoms with E-state index in [-0.39, 0.29) is 16.7 Å². The predicted molar refractivity (Wildman–Crippen MR) is 133 cm³/mol. The molecule has 0 saturated carbocycles. The van der Waals surface area contributed by atoms with Gasteiger partial charge in [-0.25, -0.2) is 8.42 Å². The molecule has 3 aromatic rings. The Morgan fingerprint density at radius 3 is 2.24 bits per heavy atom. The van der Waals surface area contributed by atoms with Gasteiger partial charge >= 0.3 is 0 Å². The van der Waals surface area contributed by atoms with Crippen molar-refractivity contribution in [3.05, 3.63) is 82.9 Å². The molecular formula is C25H27ClN2O5S. The zero-order chi connectivity index (χ0) is 24.9. The second-order valence-electron chi connectivity index (χ2n) is 7.70. The Bertz CT molecular complexity index is 1250. The number of hydrogen-bond acceptors (Lipinski definition) is 5. The molecule has 9 heteroatoms. The first-order chi connectivity index (χ1) is 16.1. The first-order valence-electron chi connectivity index (χ1n) is 10.5. The lowest BCUT2D eigenvalue weighted by atomic mass is 10.1. The van der Waals surface area contributed by atoms with Gasteiger partial charge in [0.15, 0.2) is 0 Å². The van der Waals surface area contributed by atoms with Crippen LogP contribution in [0, 0.1) is 6.92 Å². The summed E-state index contributed by atoms with van der Waals surface area (Å²) in [4.78, 5) is 13.0. The van der Waals surface area contributed by atoms with E-state index in [4.69, 9.17) is 21.1 Å². The van der Waals surface area contributed by atoms with Crippen molar-refractivity contribution in [1.82, 2.24) is 5.32 Å². The number of amides is 1. The van der Waals surface area contributed by atoms with E-state index in [9.17, 15) is 13.2 Å². The quantitative estimate of drug-likeness (QED) is 0.457. The van der Waals surface area contributed by atoms with E-state index in [1.165, 1.54) is 13.2 Å². The molecule has 3 rings (SSSR count). The maximum absolute atomic E-state index is 13.7. The number of carbonyl (C=O) groups excluding carboxylic acids is 1. The highest BCUT2D eigenvalue weighted by atomic mass is 35.5. The van der Waals surface area contributed by atoms with Crippen molar-refractivity contribution >= 4 is 33.2 Å². The number of nitrogens with zero attached hydrogens (tertiary/aromatic N) is 1. The van der Waals surface area contributed by atoms with Gasteiger partial charge in [-0.15, -0.1) is 0 Å². The van der Waals surface area contributed by atoms with Gasteiger partial charge in [-0.1, -0.05) is 29.8 Å². The summed E-state index contributed by atoms with van der Waals surface area (Å²) in [5, 5.41) is 3.32. The number of sulfonamides is 1. The molecule has 0 aliphatic rings. The van der Waals surface area contributed by atoms with Crippen LogP contribution in [-0.2, 0) is 14.8 Å². The highest BCUT2D eigenvalue weighted by Gasteiger charge is 2.30. The van der Waals surface area contributed by atoms with Crippen molar-refractivity contribution in [3.63, 3.8) is 0 Å². The fourth-order valence-corrected chi connectivity index (χ4v) is 5.21. The molecule has 1 N–H and O–H groups in total. The molecule has 1 amide bonds. The Balaban J connectivity index is 1.93. The van der Waals surface area contributed by atoms with E-state index in [2.05, 4.69) is 5.32 Å². The van der Waals surface area contributed by atoms with Crippen LogP contribution in [0.15, 0.2) is 71.6 Å². The normalized spacial score (nSPS) is 12.0. The molecule has 7 nitrogen and oxygen atoms in total. The Labute approximate surface area is 205 Å². The maximum Gasteiger partial charge on any atom is 0.268 e. The Kier molecular flexibility index (Phi) is 8.06. The lowest BCUT2D eigenvalue weighted by molar-refractivity contribution is -0.120. The average molecular weight is 503 g/mol. The average Bonchev–Trinajstić information content (AvgIpc) is 2.83. The monoisotopic (exact) mass is 502 g/mol. The number of carbonyl (C=O) groups is 1. The summed E-state index contributed by atoms with van der Waals surface area (Å²) in [5.74, 6) is 0.430. The number of benzene rings is 3. The van der Waals surface area contributed by atoms with Gasteiger partial charge < -0.3 is 14.8 Å². The lowest BCUT2D eigenvalue weighted by Gasteiger charge is -2.26. The SMILES string of the molecule is COc1ccc([C@@H](C)NC(=O)CN(c2ccc(Cl)cc2)S(=O)(=O)c2cc(C)ccc2OC)cc1. The summed E-state index contributed by atoms with van der Waals surface area (Å²) in [7, 11) is -1.17. The Morgan fingerprint density at radius 2 is 1.65 bits per heavy atom. The minimum Gasteiger partial charge on any atom is -0.497 e. The molecule has 3 aromatic carbocycles. The summed E-state index contributed by atoms with van der Waals surface area (Å²) in [6.07, 6.45) is 0. The number of rotatable bonds is 9. The van der Waals surface area contributed by atoms with Gasteiger partial charge in [0.2, 0.25) is 5.91 Å². The van der Waals surface area contributed by atoms with Gasteiger partial charge in [-0.05, 0) is 73.5 Å². The van der Waals surface area contributed by atoms with Crippen LogP contribution in [0.4, 0.5) is 5.69 Å². The predicted octanol–water partition coefficient (Wildman–Crippen LogP) is 4.74. The highest BCUT2D eigenvalue weighted by molar-refractivity contribution is 7.93. The van der Waals surface area contributed by atoms with Crippen LogP contribution in [-0.4, -0.2) is 35.1 Å². The molecule has 0 heterocycles. The summed E-state index contributed by atoms with van der Waals surface area (Å²) in [5.41, 5.74) is 1.91. The molecule has 0 unspecified atom stereocenters. The summed E-state index contributed by atoms with van der Waals surface area (Å²) in [6, 6.07) is 18.1. The highest BCUT2D eigenvalue weighted by Crippen LogP contribution is 2.31. The van der Waals surface area contributed by atoms with Crippen LogP contribution in [0.25, 0.3) is 0 Å². The standard InChI is InChI=1S/C25H27ClN2O5S/c1-17-5-14-23(33-4)24(15-17)34(30,31)28(21-10-8-20(26)9-11-21)16-25(29)27-18(2)19-6-12-22(32-3)13-7-19/h5-15,18H,16H2,1-4H3,(H,27,29)/t18-/m1/s1. The number of halogens is 1. The first kappa shape index (κ1) is 25.4. The molecule has 0 bridgehead atoms. The van der Waals surface area contributed by atoms with Gasteiger partial charge in [0.1, 0.15) is 22.9 Å². The third-order valence-electron chi connectivity index (χ3n) is 5.28. The molecular weight excluding hydrogens is 476 g/mol. The summed E-state index contributed by atoms with van der Waals surface area (Å²) < 4.78 is 39.0. The smallest absolute Gasteiger partial charge is 0.268 e. The lowest BCUT2D eigenvalue weighted by Crippen LogP contribution is -2.41. The Hall–Kier alpha value is -3.23. The molecule has 0 saturated heterocycles. The summed E-state index contributed by atoms with van der Waals surface area (Å²) >= 11 is 6.00. The van der Waals surface area contributed by atoms with Crippen molar-refractivity contribution in [1.29, 1.82) is 0 Å². The minimum absolute atomic E-state index is 0.0269. The van der Waals surface area contributed by atoms with Crippen LogP contribution in [0.1, 0.15) is 24.1 Å². The molecule has 0 aromatic heterocycles. The largest absolute Gasteiger partial charge is 0.497 e. The van der Waals surface area contributed by atoms with Crippen molar-refractivity contribution in [2.75, 3.05) is 25.1 Å². The van der Waals surface area contributed by atoms with Crippen molar-refractivity contribution in [2.45, 2.75) is 24.8 Å². The number of ether oxygens (including phenoxy) is 2. The molecule has 180 valence electrons. The Morgan fingerprint density at radius 1 is 1.00 bits per heavy atom. The third-order valence-corrected chi connectivity index (χ3v) is 7.33. The van der Waals surface area contributed by atoms with Crippen LogP contribution in [0.2, 0.25) is 5.02 Å². The molecule has 0 radical (unpaired) electrons. The molecule has 34 heavy (non-hydrogen) atoms. The van der Waals surface area contributed by atoms with E-state index >= 15 is 0 Å². The van der Waals surface area contributed by atoms with Gasteiger partial charge in [0.05, 0.1) is 25.9 Å². The van der Waals surface area contributed by atoms with Gasteiger partial charge in [-0.2, -0.15) is 0 Å². The van der Waals surface area contributed by atoms with Crippen molar-refractivity contribution in [3.8, 4) is 11.5 Å². The van der Waals surface area contributed by atoms with Gasteiger partial charge in [0.25, 0.3) is 10.0 Å². The molecule has 0 aliphatic heterocycles. The summed E-state index contributed by atoms with van der Waals surface area (Å²) in [6.45, 7) is 3.18. The van der Waals surface area contributed by atoms with Gasteiger partial charge in [-0.3, -0.25) is 9.10 Å². The first-order valence-corrected chi connectivity index (χ1v) is 12.3. The maximum atomic E-state index is 13.7. The molecule has 1 atom stereocenters. The molecule has 0 fully saturated rings. The van der Waals surface area contributed by atoms with Crippen LogP contribution in [0.5, 0.6) is 11.5 Å². The number of anilines is 1. The van der Waals surface area contributed by atoms with Crippen LogP contribution in [0.3, 0.4) is 0 Å². The number of nitrogens with one attached hydrogen (secondary N) is 1. The van der Waals surface area contributed by atoms with Crippen LogP contribution < -0.4 is 19.1 Å². The topological polar surface area (TPSA) is 84.9 Å². The second-order valence-corrected chi connectivity index (χ2v) is 9.97. The molecule has 0 spiro atoms. The fraction of sp³-hybridized carbons (Fsp3) is 0.240. The van der Waals surface area contributed by atoms with E-state index < -0.39 is 22.5 Å². The van der Waals surface area contributed by atoms with Crippen molar-refractivity contribution < 1.29 is 22.7 Å². The van der Waals surface area contributed by atoms with E-state index in [0.717, 1.165) is 15.4 Å². The molecule has 0 aliphatic carbocycles. The van der Waals surface area contributed by atoms with E-state index in [1.54, 1.807) is 62.6 Å². The van der Waals surface area contributed by atoms with Gasteiger partial charge in [0, 0.05) is 5.02 Å². The second kappa shape index (κ2) is 10.8. The number of methoxy groups -OCH3 is 2. The van der Waals surface area contributed by atoms with E-state index in [1.807, 2.05) is 19.1 Å². The number of hydrogen-bond donors (Lipinski definition) is 1. The fourth-order valence-electron chi connectivity index (χ4n) is 3.42. The number of aryl methyl sites for hydroxylation is 1. The third kappa shape index (κ3) is 5.81. The van der Waals surface area contributed by atoms with E-state index in [0.29, 0.717) is 16.5 Å².